The lowest BCUT2D eigenvalue weighted by Crippen LogP contribution is -2.46. The van der Waals surface area contributed by atoms with Crippen molar-refractivity contribution in [1.29, 1.82) is 0 Å². The van der Waals surface area contributed by atoms with E-state index >= 15 is 0 Å². The van der Waals surface area contributed by atoms with E-state index in [-0.39, 0.29) is 0 Å². The van der Waals surface area contributed by atoms with Crippen LogP contribution in [0.1, 0.15) is 22.8 Å². The van der Waals surface area contributed by atoms with Gasteiger partial charge in [0, 0.05) is 44.1 Å². The molecule has 0 saturated carbocycles. The number of hydrogen-bond acceptors (Lipinski definition) is 7. The number of aryl methyl sites for hydroxylation is 3. The maximum Gasteiger partial charge on any atom is 0.225 e. The van der Waals surface area contributed by atoms with Crippen molar-refractivity contribution < 1.29 is 4.63 Å². The van der Waals surface area contributed by atoms with Gasteiger partial charge in [0.05, 0.1) is 0 Å². The van der Waals surface area contributed by atoms with Crippen molar-refractivity contribution in [3.05, 3.63) is 28.8 Å². The van der Waals surface area contributed by atoms with Crippen molar-refractivity contribution in [1.82, 2.24) is 25.2 Å². The van der Waals surface area contributed by atoms with Crippen molar-refractivity contribution in [2.24, 2.45) is 0 Å². The normalized spacial score (nSPS) is 16.4. The predicted molar refractivity (Wildman–Crippen MR) is 78.0 cm³/mol. The van der Waals surface area contributed by atoms with Gasteiger partial charge in [0.15, 0.2) is 0 Å². The highest BCUT2D eigenvalue weighted by Crippen LogP contribution is 2.14. The Balaban J connectivity index is 1.61. The molecular weight excluding hydrogens is 268 g/mol. The molecule has 2 aromatic heterocycles. The Labute approximate surface area is 123 Å². The molecule has 1 saturated heterocycles. The number of rotatable bonds is 3. The Hall–Kier alpha value is -2.02. The van der Waals surface area contributed by atoms with Crippen LogP contribution in [-0.4, -0.2) is 51.4 Å². The summed E-state index contributed by atoms with van der Waals surface area (Å²) in [6.45, 7) is 10.5. The second-order valence-electron chi connectivity index (χ2n) is 5.51. The van der Waals surface area contributed by atoms with Gasteiger partial charge in [-0.15, -0.1) is 0 Å². The average molecular weight is 288 g/mol. The van der Waals surface area contributed by atoms with Crippen LogP contribution in [0.2, 0.25) is 0 Å². The summed E-state index contributed by atoms with van der Waals surface area (Å²) in [6.07, 6.45) is 0. The van der Waals surface area contributed by atoms with Gasteiger partial charge in [-0.1, -0.05) is 10.3 Å². The molecule has 7 nitrogen and oxygen atoms in total. The van der Waals surface area contributed by atoms with Crippen LogP contribution in [0.5, 0.6) is 0 Å². The highest BCUT2D eigenvalue weighted by molar-refractivity contribution is 5.32. The molecule has 2 aromatic rings. The van der Waals surface area contributed by atoms with E-state index in [9.17, 15) is 0 Å². The molecule has 0 atom stereocenters. The maximum absolute atomic E-state index is 4.75. The number of hydrogen-bond donors (Lipinski definition) is 0. The van der Waals surface area contributed by atoms with Crippen LogP contribution in [0.25, 0.3) is 0 Å². The molecule has 3 heterocycles. The van der Waals surface area contributed by atoms with E-state index in [4.69, 9.17) is 4.63 Å². The van der Waals surface area contributed by atoms with Gasteiger partial charge in [-0.05, 0) is 26.8 Å². The first kappa shape index (κ1) is 13.9. The Morgan fingerprint density at radius 1 is 1.00 bits per heavy atom. The van der Waals surface area contributed by atoms with Crippen molar-refractivity contribution in [2.75, 3.05) is 31.1 Å². The van der Waals surface area contributed by atoms with Crippen molar-refractivity contribution in [2.45, 2.75) is 27.3 Å². The first-order chi connectivity index (χ1) is 10.1. The minimum absolute atomic E-state index is 0.789. The standard InChI is InChI=1S/C14H20N6O/c1-10-8-11(2)16-14(15-10)20-6-4-19(5-7-20)9-13-12(3)17-21-18-13/h8H,4-7,9H2,1-3H3. The molecule has 112 valence electrons. The number of piperazine rings is 1. The lowest BCUT2D eigenvalue weighted by Gasteiger charge is -2.34. The van der Waals surface area contributed by atoms with Crippen molar-refractivity contribution >= 4 is 5.95 Å². The molecule has 1 aliphatic rings. The van der Waals surface area contributed by atoms with Gasteiger partial charge in [0.25, 0.3) is 0 Å². The maximum atomic E-state index is 4.75. The third kappa shape index (κ3) is 3.18. The van der Waals surface area contributed by atoms with Crippen LogP contribution >= 0.6 is 0 Å². The molecule has 0 bridgehead atoms. The molecular formula is C14H20N6O. The van der Waals surface area contributed by atoms with E-state index in [2.05, 4.69) is 30.1 Å². The van der Waals surface area contributed by atoms with Gasteiger partial charge in [-0.2, -0.15) is 0 Å². The van der Waals surface area contributed by atoms with Crippen LogP contribution in [0.4, 0.5) is 5.95 Å². The van der Waals surface area contributed by atoms with E-state index < -0.39 is 0 Å². The molecule has 1 fully saturated rings. The molecule has 0 amide bonds. The molecule has 0 unspecified atom stereocenters. The highest BCUT2D eigenvalue weighted by Gasteiger charge is 2.21. The quantitative estimate of drug-likeness (QED) is 0.837. The lowest BCUT2D eigenvalue weighted by atomic mass is 10.2. The Morgan fingerprint density at radius 2 is 1.67 bits per heavy atom. The fourth-order valence-electron chi connectivity index (χ4n) is 2.56. The third-order valence-electron chi connectivity index (χ3n) is 3.75. The lowest BCUT2D eigenvalue weighted by molar-refractivity contribution is 0.236. The molecule has 7 heteroatoms. The zero-order valence-electron chi connectivity index (χ0n) is 12.7. The number of aromatic nitrogens is 4. The van der Waals surface area contributed by atoms with E-state index in [1.165, 1.54) is 0 Å². The summed E-state index contributed by atoms with van der Waals surface area (Å²) < 4.78 is 4.75. The predicted octanol–water partition coefficient (Wildman–Crippen LogP) is 1.11. The smallest absolute Gasteiger partial charge is 0.225 e. The summed E-state index contributed by atoms with van der Waals surface area (Å²) >= 11 is 0. The SMILES string of the molecule is Cc1cc(C)nc(N2CCN(Cc3nonc3C)CC2)n1. The second-order valence-corrected chi connectivity index (χ2v) is 5.51. The molecule has 0 N–H and O–H groups in total. The van der Waals surface area contributed by atoms with Crippen LogP contribution in [0.15, 0.2) is 10.7 Å². The summed E-state index contributed by atoms with van der Waals surface area (Å²) in [5.41, 5.74) is 3.83. The Morgan fingerprint density at radius 3 is 2.24 bits per heavy atom. The topological polar surface area (TPSA) is 71.2 Å². The van der Waals surface area contributed by atoms with E-state index in [0.717, 1.165) is 61.4 Å². The van der Waals surface area contributed by atoms with Gasteiger partial charge in [-0.25, -0.2) is 14.6 Å². The first-order valence-electron chi connectivity index (χ1n) is 7.19. The number of anilines is 1. The minimum atomic E-state index is 0.789. The molecule has 21 heavy (non-hydrogen) atoms. The summed E-state index contributed by atoms with van der Waals surface area (Å²) in [5.74, 6) is 0.839. The van der Waals surface area contributed by atoms with Crippen molar-refractivity contribution in [3.63, 3.8) is 0 Å². The molecule has 0 aromatic carbocycles. The minimum Gasteiger partial charge on any atom is -0.338 e. The van der Waals surface area contributed by atoms with Crippen LogP contribution < -0.4 is 4.90 Å². The van der Waals surface area contributed by atoms with Crippen LogP contribution in [0.3, 0.4) is 0 Å². The highest BCUT2D eigenvalue weighted by atomic mass is 16.6. The Bertz CT molecular complexity index is 597. The molecule has 3 rings (SSSR count). The van der Waals surface area contributed by atoms with Gasteiger partial charge in [0.2, 0.25) is 5.95 Å². The van der Waals surface area contributed by atoms with E-state index in [0.29, 0.717) is 0 Å². The summed E-state index contributed by atoms with van der Waals surface area (Å²) in [4.78, 5) is 13.7. The molecule has 0 aliphatic carbocycles. The van der Waals surface area contributed by atoms with Gasteiger partial charge < -0.3 is 4.90 Å². The zero-order chi connectivity index (χ0) is 14.8. The monoisotopic (exact) mass is 288 g/mol. The van der Waals surface area contributed by atoms with Crippen molar-refractivity contribution in [3.8, 4) is 0 Å². The fraction of sp³-hybridized carbons (Fsp3) is 0.571. The fourth-order valence-corrected chi connectivity index (χ4v) is 2.56. The summed E-state index contributed by atoms with van der Waals surface area (Å²) in [7, 11) is 0. The van der Waals surface area contributed by atoms with Crippen LogP contribution in [0, 0.1) is 20.8 Å². The average Bonchev–Trinajstić information content (AvgIpc) is 2.84. The van der Waals surface area contributed by atoms with E-state index in [1.807, 2.05) is 26.8 Å². The third-order valence-corrected chi connectivity index (χ3v) is 3.75. The van der Waals surface area contributed by atoms with E-state index in [1.54, 1.807) is 0 Å². The largest absolute Gasteiger partial charge is 0.338 e. The molecule has 0 spiro atoms. The van der Waals surface area contributed by atoms with Gasteiger partial charge >= 0.3 is 0 Å². The first-order valence-corrected chi connectivity index (χ1v) is 7.19. The summed E-state index contributed by atoms with van der Waals surface area (Å²) in [5, 5.41) is 7.77. The van der Waals surface area contributed by atoms with Gasteiger partial charge in [-0.3, -0.25) is 4.90 Å². The van der Waals surface area contributed by atoms with Crippen LogP contribution in [-0.2, 0) is 6.54 Å². The van der Waals surface area contributed by atoms with Gasteiger partial charge in [0.1, 0.15) is 11.4 Å². The zero-order valence-corrected chi connectivity index (χ0v) is 12.7. The molecule has 0 radical (unpaired) electrons. The Kier molecular flexibility index (Phi) is 3.83. The summed E-state index contributed by atoms with van der Waals surface area (Å²) in [6, 6.07) is 2.00. The number of nitrogens with zero attached hydrogens (tertiary/aromatic N) is 6. The second kappa shape index (κ2) is 5.77. The molecule has 1 aliphatic heterocycles.